The summed E-state index contributed by atoms with van der Waals surface area (Å²) >= 11 is 5.50. The van der Waals surface area contributed by atoms with Crippen LogP contribution in [0.1, 0.15) is 16.7 Å². The molecule has 0 bridgehead atoms. The summed E-state index contributed by atoms with van der Waals surface area (Å²) in [6.45, 7) is 1.69. The minimum atomic E-state index is -0.614. The molecular formula is C17H13ClF2O. The average Bonchev–Trinajstić information content (AvgIpc) is 2.46. The van der Waals surface area contributed by atoms with Crippen molar-refractivity contribution in [1.29, 1.82) is 0 Å². The maximum atomic E-state index is 13.5. The van der Waals surface area contributed by atoms with E-state index in [0.717, 1.165) is 11.1 Å². The second-order valence-electron chi connectivity index (χ2n) is 4.40. The van der Waals surface area contributed by atoms with Crippen molar-refractivity contribution in [3.8, 4) is 17.6 Å². The Morgan fingerprint density at radius 3 is 2.48 bits per heavy atom. The summed E-state index contributed by atoms with van der Waals surface area (Å²) in [6.07, 6.45) is 0. The first-order chi connectivity index (χ1) is 10.1. The molecule has 0 aromatic heterocycles. The molecule has 0 heterocycles. The number of aryl methyl sites for hydroxylation is 1. The molecule has 0 spiro atoms. The van der Waals surface area contributed by atoms with Gasteiger partial charge in [-0.2, -0.15) is 0 Å². The molecule has 0 atom stereocenters. The Kier molecular flexibility index (Phi) is 5.19. The summed E-state index contributed by atoms with van der Waals surface area (Å²) in [4.78, 5) is 0. The molecule has 108 valence electrons. The molecule has 2 rings (SSSR count). The van der Waals surface area contributed by atoms with Gasteiger partial charge < -0.3 is 4.74 Å². The fraction of sp³-hybridized carbons (Fsp3) is 0.176. The topological polar surface area (TPSA) is 9.23 Å². The number of hydrogen-bond donors (Lipinski definition) is 0. The van der Waals surface area contributed by atoms with Crippen LogP contribution in [0.2, 0.25) is 0 Å². The van der Waals surface area contributed by atoms with Crippen LogP contribution in [0, 0.1) is 30.4 Å². The van der Waals surface area contributed by atoms with Crippen molar-refractivity contribution < 1.29 is 13.5 Å². The summed E-state index contributed by atoms with van der Waals surface area (Å²) in [5.41, 5.74) is 1.58. The molecule has 0 radical (unpaired) electrons. The minimum absolute atomic E-state index is 0.0806. The number of rotatable bonds is 3. The predicted molar refractivity (Wildman–Crippen MR) is 79.5 cm³/mol. The lowest BCUT2D eigenvalue weighted by molar-refractivity contribution is 0.290. The van der Waals surface area contributed by atoms with Gasteiger partial charge in [-0.15, -0.1) is 11.6 Å². The fourth-order valence-electron chi connectivity index (χ4n) is 1.84. The summed E-state index contributed by atoms with van der Waals surface area (Å²) in [5, 5.41) is 0. The molecule has 4 heteroatoms. The van der Waals surface area contributed by atoms with Gasteiger partial charge in [-0.3, -0.25) is 0 Å². The molecule has 2 aromatic rings. The zero-order valence-electron chi connectivity index (χ0n) is 11.4. The van der Waals surface area contributed by atoms with E-state index in [2.05, 4.69) is 11.8 Å². The van der Waals surface area contributed by atoms with Crippen molar-refractivity contribution in [2.24, 2.45) is 0 Å². The van der Waals surface area contributed by atoms with Gasteiger partial charge in [0.1, 0.15) is 24.0 Å². The summed E-state index contributed by atoms with van der Waals surface area (Å²) in [7, 11) is 0. The van der Waals surface area contributed by atoms with Gasteiger partial charge in [-0.1, -0.05) is 17.9 Å². The smallest absolute Gasteiger partial charge is 0.132 e. The number of ether oxygens (including phenoxy) is 1. The molecule has 2 aromatic carbocycles. The summed E-state index contributed by atoms with van der Waals surface area (Å²) in [5.74, 6) is 5.26. The van der Waals surface area contributed by atoms with Crippen molar-refractivity contribution in [2.45, 2.75) is 13.5 Å². The van der Waals surface area contributed by atoms with Crippen LogP contribution in [0.5, 0.6) is 5.75 Å². The quantitative estimate of drug-likeness (QED) is 0.601. The number of halogens is 3. The number of alkyl halides is 1. The van der Waals surface area contributed by atoms with Crippen molar-refractivity contribution in [3.63, 3.8) is 0 Å². The van der Waals surface area contributed by atoms with Gasteiger partial charge in [0.2, 0.25) is 0 Å². The van der Waals surface area contributed by atoms with Crippen LogP contribution in [-0.2, 0) is 6.61 Å². The van der Waals surface area contributed by atoms with Gasteiger partial charge in [-0.05, 0) is 42.8 Å². The summed E-state index contributed by atoms with van der Waals surface area (Å²) in [6, 6.07) is 9.08. The highest BCUT2D eigenvalue weighted by Gasteiger charge is 2.09. The lowest BCUT2D eigenvalue weighted by Crippen LogP contribution is -2.02. The third-order valence-electron chi connectivity index (χ3n) is 2.91. The number of hydrogen-bond acceptors (Lipinski definition) is 1. The van der Waals surface area contributed by atoms with Crippen LogP contribution >= 0.6 is 11.6 Å². The maximum absolute atomic E-state index is 13.5. The monoisotopic (exact) mass is 306 g/mol. The SMILES string of the molecule is Cc1cc(C#CCCl)ccc1OCc1c(F)cccc1F. The molecule has 0 aliphatic heterocycles. The van der Waals surface area contributed by atoms with Crippen molar-refractivity contribution in [2.75, 3.05) is 5.88 Å². The van der Waals surface area contributed by atoms with Gasteiger partial charge >= 0.3 is 0 Å². The fourth-order valence-corrected chi connectivity index (χ4v) is 1.91. The van der Waals surface area contributed by atoms with Gasteiger partial charge in [0.05, 0.1) is 11.4 Å². The normalized spacial score (nSPS) is 9.90. The second kappa shape index (κ2) is 7.10. The van der Waals surface area contributed by atoms with E-state index >= 15 is 0 Å². The van der Waals surface area contributed by atoms with Crippen molar-refractivity contribution >= 4 is 11.6 Å². The Hall–Kier alpha value is -2.05. The first-order valence-electron chi connectivity index (χ1n) is 6.33. The lowest BCUT2D eigenvalue weighted by Gasteiger charge is -2.10. The largest absolute Gasteiger partial charge is 0.488 e. The van der Waals surface area contributed by atoms with Crippen LogP contribution in [0.4, 0.5) is 8.78 Å². The Bertz CT molecular complexity index is 681. The van der Waals surface area contributed by atoms with E-state index in [1.165, 1.54) is 18.2 Å². The van der Waals surface area contributed by atoms with E-state index in [0.29, 0.717) is 5.75 Å². The third kappa shape index (κ3) is 3.96. The van der Waals surface area contributed by atoms with E-state index in [-0.39, 0.29) is 18.1 Å². The lowest BCUT2D eigenvalue weighted by atomic mass is 10.1. The zero-order valence-corrected chi connectivity index (χ0v) is 12.2. The van der Waals surface area contributed by atoms with Crippen molar-refractivity contribution in [1.82, 2.24) is 0 Å². The molecular weight excluding hydrogens is 294 g/mol. The van der Waals surface area contributed by atoms with Gasteiger partial charge in [0.15, 0.2) is 0 Å². The highest BCUT2D eigenvalue weighted by Crippen LogP contribution is 2.21. The van der Waals surface area contributed by atoms with E-state index in [1.54, 1.807) is 12.1 Å². The van der Waals surface area contributed by atoms with Crippen molar-refractivity contribution in [3.05, 3.63) is 64.7 Å². The third-order valence-corrected chi connectivity index (χ3v) is 3.04. The van der Waals surface area contributed by atoms with Crippen LogP contribution in [0.15, 0.2) is 36.4 Å². The van der Waals surface area contributed by atoms with Gasteiger partial charge in [-0.25, -0.2) is 8.78 Å². The van der Waals surface area contributed by atoms with Gasteiger partial charge in [0.25, 0.3) is 0 Å². The van der Waals surface area contributed by atoms with E-state index < -0.39 is 11.6 Å². The Balaban J connectivity index is 2.14. The first-order valence-corrected chi connectivity index (χ1v) is 6.86. The van der Waals surface area contributed by atoms with E-state index in [9.17, 15) is 8.78 Å². The predicted octanol–water partition coefficient (Wildman–Crippen LogP) is 4.44. The minimum Gasteiger partial charge on any atom is -0.488 e. The standard InChI is InChI=1S/C17H13ClF2O/c1-12-10-13(4-3-9-18)7-8-17(12)21-11-14-15(19)5-2-6-16(14)20/h2,5-8,10H,9,11H2,1H3. The van der Waals surface area contributed by atoms with E-state index in [1.807, 2.05) is 13.0 Å². The average molecular weight is 307 g/mol. The zero-order chi connectivity index (χ0) is 15.2. The Morgan fingerprint density at radius 2 is 1.86 bits per heavy atom. The van der Waals surface area contributed by atoms with Crippen LogP contribution in [0.25, 0.3) is 0 Å². The maximum Gasteiger partial charge on any atom is 0.132 e. The molecule has 21 heavy (non-hydrogen) atoms. The van der Waals surface area contributed by atoms with Crippen LogP contribution < -0.4 is 4.74 Å². The molecule has 0 saturated heterocycles. The molecule has 0 saturated carbocycles. The second-order valence-corrected chi connectivity index (χ2v) is 4.67. The highest BCUT2D eigenvalue weighted by atomic mass is 35.5. The molecule has 0 fully saturated rings. The first kappa shape index (κ1) is 15.3. The Morgan fingerprint density at radius 1 is 1.14 bits per heavy atom. The van der Waals surface area contributed by atoms with E-state index in [4.69, 9.17) is 16.3 Å². The summed E-state index contributed by atoms with van der Waals surface area (Å²) < 4.78 is 32.5. The molecule has 0 amide bonds. The molecule has 0 aliphatic rings. The molecule has 0 unspecified atom stereocenters. The Labute approximate surface area is 127 Å². The van der Waals surface area contributed by atoms with Crippen LogP contribution in [0.3, 0.4) is 0 Å². The number of benzene rings is 2. The molecule has 0 aliphatic carbocycles. The molecule has 0 N–H and O–H groups in total. The van der Waals surface area contributed by atoms with Crippen LogP contribution in [-0.4, -0.2) is 5.88 Å². The molecule has 1 nitrogen and oxygen atoms in total. The highest BCUT2D eigenvalue weighted by molar-refractivity contribution is 6.19. The van der Waals surface area contributed by atoms with Gasteiger partial charge in [0, 0.05) is 5.56 Å².